The highest BCUT2D eigenvalue weighted by molar-refractivity contribution is 5.87. The fraction of sp³-hybridized carbons (Fsp3) is 0.536. The Bertz CT molecular complexity index is 1420. The summed E-state index contributed by atoms with van der Waals surface area (Å²) >= 11 is 0. The van der Waals surface area contributed by atoms with Crippen LogP contribution < -0.4 is 9.64 Å². The Morgan fingerprint density at radius 2 is 1.78 bits per heavy atom. The van der Waals surface area contributed by atoms with Crippen molar-refractivity contribution >= 4 is 28.8 Å². The minimum absolute atomic E-state index is 0.0235. The van der Waals surface area contributed by atoms with Crippen LogP contribution in [0.25, 0.3) is 16.9 Å². The number of ether oxygens (including phenoxy) is 2. The van der Waals surface area contributed by atoms with Gasteiger partial charge in [0.05, 0.1) is 30.8 Å². The van der Waals surface area contributed by atoms with Crippen LogP contribution >= 0.6 is 0 Å². The number of aromatic nitrogens is 4. The third-order valence-corrected chi connectivity index (χ3v) is 8.06. The summed E-state index contributed by atoms with van der Waals surface area (Å²) in [4.78, 5) is 43.9. The van der Waals surface area contributed by atoms with Crippen molar-refractivity contribution in [3.63, 3.8) is 0 Å². The van der Waals surface area contributed by atoms with Crippen LogP contribution in [-0.2, 0) is 14.3 Å². The first-order chi connectivity index (χ1) is 19.9. The van der Waals surface area contributed by atoms with Gasteiger partial charge in [-0.3, -0.25) is 14.2 Å². The number of fused-ring (bicyclic) bond motifs is 1. The van der Waals surface area contributed by atoms with Gasteiger partial charge in [0, 0.05) is 45.2 Å². The first kappa shape index (κ1) is 27.3. The van der Waals surface area contributed by atoms with Gasteiger partial charge in [0.1, 0.15) is 11.9 Å². The summed E-state index contributed by atoms with van der Waals surface area (Å²) in [6.07, 6.45) is -0.444. The van der Waals surface area contributed by atoms with Crippen molar-refractivity contribution in [3.05, 3.63) is 36.2 Å². The largest absolute Gasteiger partial charge is 0.474 e. The van der Waals surface area contributed by atoms with E-state index < -0.39 is 12.2 Å². The highest BCUT2D eigenvalue weighted by Gasteiger charge is 2.34. The van der Waals surface area contributed by atoms with Gasteiger partial charge in [0.2, 0.25) is 23.6 Å². The molecule has 1 aliphatic carbocycles. The van der Waals surface area contributed by atoms with Gasteiger partial charge in [-0.1, -0.05) is 12.1 Å². The fourth-order valence-electron chi connectivity index (χ4n) is 5.72. The molecular formula is C28H33F2N7O4. The molecule has 13 heteroatoms. The number of morpholine rings is 1. The van der Waals surface area contributed by atoms with Crippen molar-refractivity contribution in [1.29, 1.82) is 0 Å². The van der Waals surface area contributed by atoms with E-state index in [-0.39, 0.29) is 42.1 Å². The standard InChI is InChI=1S/C28H33F2N7O4/c1-34-10-11-36(17-24(34)38)27(39)18-6-8-19(9-7-18)41-23-16-22(32-28(33-23)35-12-14-40-15-13-35)37-21-5-3-2-4-20(21)31-26(37)25(29)30/h2-5,16,18-19,25H,6-15,17H2,1H3. The van der Waals surface area contributed by atoms with Crippen molar-refractivity contribution in [1.82, 2.24) is 29.3 Å². The highest BCUT2D eigenvalue weighted by Crippen LogP contribution is 2.32. The summed E-state index contributed by atoms with van der Waals surface area (Å²) in [7, 11) is 1.75. The Morgan fingerprint density at radius 1 is 1.02 bits per heavy atom. The third-order valence-electron chi connectivity index (χ3n) is 8.06. The Balaban J connectivity index is 1.23. The molecule has 2 amide bonds. The van der Waals surface area contributed by atoms with E-state index in [1.54, 1.807) is 47.2 Å². The number of likely N-dealkylation sites (N-methyl/N-ethyl adjacent to an activating group) is 1. The Labute approximate surface area is 236 Å². The molecule has 11 nitrogen and oxygen atoms in total. The summed E-state index contributed by atoms with van der Waals surface area (Å²) in [6, 6.07) is 8.53. The molecule has 3 aliphatic rings. The number of nitrogens with zero attached hydrogens (tertiary/aromatic N) is 7. The minimum atomic E-state index is -2.81. The molecule has 2 saturated heterocycles. The molecule has 1 saturated carbocycles. The predicted octanol–water partition coefficient (Wildman–Crippen LogP) is 2.83. The maximum absolute atomic E-state index is 14.1. The molecule has 0 bridgehead atoms. The first-order valence-corrected chi connectivity index (χ1v) is 14.0. The molecule has 0 radical (unpaired) electrons. The number of hydrogen-bond donors (Lipinski definition) is 0. The van der Waals surface area contributed by atoms with Gasteiger partial charge in [0.15, 0.2) is 5.82 Å². The first-order valence-electron chi connectivity index (χ1n) is 14.0. The van der Waals surface area contributed by atoms with Crippen LogP contribution in [0.3, 0.4) is 0 Å². The number of rotatable bonds is 6. The number of piperazine rings is 1. The van der Waals surface area contributed by atoms with Gasteiger partial charge in [-0.05, 0) is 37.8 Å². The lowest BCUT2D eigenvalue weighted by atomic mass is 9.86. The van der Waals surface area contributed by atoms with E-state index >= 15 is 0 Å². The summed E-state index contributed by atoms with van der Waals surface area (Å²) in [6.45, 7) is 3.38. The molecule has 6 rings (SSSR count). The lowest BCUT2D eigenvalue weighted by Gasteiger charge is -2.36. The molecule has 4 heterocycles. The van der Waals surface area contributed by atoms with Crippen molar-refractivity contribution < 1.29 is 27.8 Å². The molecule has 3 aromatic rings. The van der Waals surface area contributed by atoms with E-state index in [0.29, 0.717) is 82.1 Å². The van der Waals surface area contributed by atoms with E-state index in [0.717, 1.165) is 0 Å². The number of hydrogen-bond acceptors (Lipinski definition) is 8. The second-order valence-corrected chi connectivity index (χ2v) is 10.7. The molecule has 1 aromatic carbocycles. The fourth-order valence-corrected chi connectivity index (χ4v) is 5.72. The van der Waals surface area contributed by atoms with Crippen LogP contribution in [0.5, 0.6) is 5.88 Å². The Morgan fingerprint density at radius 3 is 2.51 bits per heavy atom. The molecule has 2 aromatic heterocycles. The number of alkyl halides is 2. The molecular weight excluding hydrogens is 536 g/mol. The van der Waals surface area contributed by atoms with Gasteiger partial charge in [-0.25, -0.2) is 13.8 Å². The van der Waals surface area contributed by atoms with Gasteiger partial charge < -0.3 is 24.2 Å². The summed E-state index contributed by atoms with van der Waals surface area (Å²) in [5.74, 6) is 0.348. The normalized spacial score (nSPS) is 22.0. The van der Waals surface area contributed by atoms with Gasteiger partial charge >= 0.3 is 0 Å². The zero-order valence-electron chi connectivity index (χ0n) is 22.9. The quantitative estimate of drug-likeness (QED) is 0.446. The van der Waals surface area contributed by atoms with Crippen LogP contribution in [-0.4, -0.2) is 100 Å². The predicted molar refractivity (Wildman–Crippen MR) is 145 cm³/mol. The van der Waals surface area contributed by atoms with Gasteiger partial charge in [-0.2, -0.15) is 9.97 Å². The lowest BCUT2D eigenvalue weighted by molar-refractivity contribution is -0.147. The zero-order valence-corrected chi connectivity index (χ0v) is 22.9. The maximum atomic E-state index is 14.1. The Hall–Kier alpha value is -3.87. The molecule has 41 heavy (non-hydrogen) atoms. The van der Waals surface area contributed by atoms with Crippen LogP contribution in [0.4, 0.5) is 14.7 Å². The Kier molecular flexibility index (Phi) is 7.69. The van der Waals surface area contributed by atoms with E-state index in [2.05, 4.69) is 15.0 Å². The van der Waals surface area contributed by atoms with Crippen molar-refractivity contribution in [2.24, 2.45) is 5.92 Å². The van der Waals surface area contributed by atoms with Crippen molar-refractivity contribution in [3.8, 4) is 11.7 Å². The molecule has 0 spiro atoms. The zero-order chi connectivity index (χ0) is 28.5. The van der Waals surface area contributed by atoms with Crippen LogP contribution in [0.2, 0.25) is 0 Å². The number of benzene rings is 1. The molecule has 218 valence electrons. The molecule has 0 N–H and O–H groups in total. The highest BCUT2D eigenvalue weighted by atomic mass is 19.3. The van der Waals surface area contributed by atoms with E-state index in [1.807, 2.05) is 4.90 Å². The van der Waals surface area contributed by atoms with Crippen molar-refractivity contribution in [2.45, 2.75) is 38.2 Å². The number of amides is 2. The average Bonchev–Trinajstić information content (AvgIpc) is 3.39. The van der Waals surface area contributed by atoms with Gasteiger partial charge in [-0.15, -0.1) is 0 Å². The second-order valence-electron chi connectivity index (χ2n) is 10.7. The number of carbonyl (C=O) groups excluding carboxylic acids is 2. The molecule has 3 fully saturated rings. The average molecular weight is 570 g/mol. The topological polar surface area (TPSA) is 106 Å². The van der Waals surface area contributed by atoms with Crippen molar-refractivity contribution in [2.75, 3.05) is 57.9 Å². The number of anilines is 1. The lowest BCUT2D eigenvalue weighted by Crippen LogP contribution is -2.52. The summed E-state index contributed by atoms with van der Waals surface area (Å²) in [5, 5.41) is 0. The van der Waals surface area contributed by atoms with E-state index in [4.69, 9.17) is 9.47 Å². The van der Waals surface area contributed by atoms with E-state index in [9.17, 15) is 18.4 Å². The monoisotopic (exact) mass is 569 g/mol. The third kappa shape index (κ3) is 5.67. The molecule has 0 atom stereocenters. The number of imidazole rings is 1. The summed E-state index contributed by atoms with van der Waals surface area (Å²) < 4.78 is 41.4. The van der Waals surface area contributed by atoms with Crippen LogP contribution in [0.1, 0.15) is 37.9 Å². The number of halogens is 2. The van der Waals surface area contributed by atoms with Gasteiger partial charge in [0.25, 0.3) is 6.43 Å². The smallest absolute Gasteiger partial charge is 0.296 e. The number of para-hydroxylation sites is 2. The summed E-state index contributed by atoms with van der Waals surface area (Å²) in [5.41, 5.74) is 0.962. The van der Waals surface area contributed by atoms with E-state index in [1.165, 1.54) is 4.57 Å². The second kappa shape index (κ2) is 11.6. The minimum Gasteiger partial charge on any atom is -0.474 e. The molecule has 2 aliphatic heterocycles. The SMILES string of the molecule is CN1CCN(C(=O)C2CCC(Oc3cc(-n4c(C(F)F)nc5ccccc54)nc(N4CCOCC4)n3)CC2)CC1=O. The maximum Gasteiger partial charge on any atom is 0.296 e. The van der Waals surface area contributed by atoms with Crippen LogP contribution in [0.15, 0.2) is 30.3 Å². The van der Waals surface area contributed by atoms with Crippen LogP contribution in [0, 0.1) is 5.92 Å². The number of carbonyl (C=O) groups is 2. The molecule has 0 unspecified atom stereocenters.